The minimum absolute atomic E-state index is 0.0197. The molecular weight excluding hydrogens is 346 g/mol. The molecule has 0 radical (unpaired) electrons. The van der Waals surface area contributed by atoms with Crippen molar-refractivity contribution in [3.63, 3.8) is 0 Å². The van der Waals surface area contributed by atoms with Gasteiger partial charge in [-0.25, -0.2) is 0 Å². The molecule has 0 spiro atoms. The number of amides is 1. The van der Waals surface area contributed by atoms with Gasteiger partial charge in [0, 0.05) is 23.1 Å². The Morgan fingerprint density at radius 3 is 2.28 bits per heavy atom. The van der Waals surface area contributed by atoms with Crippen LogP contribution in [0.1, 0.15) is 12.5 Å². The molecule has 25 heavy (non-hydrogen) atoms. The van der Waals surface area contributed by atoms with Crippen molar-refractivity contribution in [1.29, 1.82) is 0 Å². The van der Waals surface area contributed by atoms with Crippen molar-refractivity contribution in [2.24, 2.45) is 0 Å². The van der Waals surface area contributed by atoms with Gasteiger partial charge >= 0.3 is 0 Å². The second-order valence-electron chi connectivity index (χ2n) is 5.21. The number of hydrogen-bond donors (Lipinski definition) is 1. The number of carbonyl (C=O) groups excluding carboxylic acids is 1. The van der Waals surface area contributed by atoms with Crippen molar-refractivity contribution in [3.05, 3.63) is 68.3 Å². The van der Waals surface area contributed by atoms with Crippen LogP contribution in [0.15, 0.2) is 47.4 Å². The zero-order chi connectivity index (χ0) is 18.6. The molecule has 2 rings (SSSR count). The van der Waals surface area contributed by atoms with Gasteiger partial charge in [-0.1, -0.05) is 6.07 Å². The second-order valence-corrected chi connectivity index (χ2v) is 6.62. The van der Waals surface area contributed by atoms with E-state index in [1.54, 1.807) is 32.0 Å². The Bertz CT molecular complexity index is 823. The van der Waals surface area contributed by atoms with Crippen molar-refractivity contribution in [2.45, 2.75) is 24.0 Å². The van der Waals surface area contributed by atoms with Crippen LogP contribution in [-0.2, 0) is 4.79 Å². The zero-order valence-corrected chi connectivity index (χ0v) is 14.3. The van der Waals surface area contributed by atoms with Crippen LogP contribution in [-0.4, -0.2) is 21.0 Å². The van der Waals surface area contributed by atoms with Crippen LogP contribution >= 0.6 is 11.8 Å². The summed E-state index contributed by atoms with van der Waals surface area (Å²) in [5.74, 6) is -0.313. The molecule has 0 fully saturated rings. The minimum Gasteiger partial charge on any atom is -0.325 e. The Labute approximate surface area is 147 Å². The average Bonchev–Trinajstić information content (AvgIpc) is 2.56. The number of anilines is 1. The van der Waals surface area contributed by atoms with E-state index in [9.17, 15) is 25.0 Å². The normalized spacial score (nSPS) is 11.6. The molecule has 8 nitrogen and oxygen atoms in total. The van der Waals surface area contributed by atoms with Crippen LogP contribution in [0.4, 0.5) is 17.1 Å². The number of nitrogens with one attached hydrogen (secondary N) is 1. The predicted octanol–water partition coefficient (Wildman–Crippen LogP) is 3.93. The summed E-state index contributed by atoms with van der Waals surface area (Å²) in [5, 5.41) is 23.8. The molecule has 0 bridgehead atoms. The Hall–Kier alpha value is -2.94. The molecule has 0 aliphatic carbocycles. The van der Waals surface area contributed by atoms with E-state index in [1.165, 1.54) is 36.0 Å². The van der Waals surface area contributed by atoms with Gasteiger partial charge < -0.3 is 5.32 Å². The van der Waals surface area contributed by atoms with Gasteiger partial charge in [0.25, 0.3) is 11.4 Å². The van der Waals surface area contributed by atoms with Gasteiger partial charge in [0.15, 0.2) is 0 Å². The summed E-state index contributed by atoms with van der Waals surface area (Å²) in [4.78, 5) is 33.6. The largest absolute Gasteiger partial charge is 0.325 e. The summed E-state index contributed by atoms with van der Waals surface area (Å²) in [7, 11) is 0. The first-order valence-electron chi connectivity index (χ1n) is 7.25. The molecule has 1 atom stereocenters. The third-order valence-electron chi connectivity index (χ3n) is 3.49. The summed E-state index contributed by atoms with van der Waals surface area (Å²) in [5.41, 5.74) is 0.686. The van der Waals surface area contributed by atoms with Crippen LogP contribution < -0.4 is 5.32 Å². The number of thioether (sulfide) groups is 1. The number of benzene rings is 2. The van der Waals surface area contributed by atoms with Crippen LogP contribution in [0.2, 0.25) is 0 Å². The van der Waals surface area contributed by atoms with Crippen molar-refractivity contribution in [1.82, 2.24) is 0 Å². The highest BCUT2D eigenvalue weighted by atomic mass is 32.2. The zero-order valence-electron chi connectivity index (χ0n) is 13.5. The highest BCUT2D eigenvalue weighted by Crippen LogP contribution is 2.28. The van der Waals surface area contributed by atoms with Crippen LogP contribution in [0.25, 0.3) is 0 Å². The molecule has 9 heteroatoms. The standard InChI is InChI=1S/C16H15N3O5S/c1-10-14(4-3-5-15(10)19(23)24)17-16(20)11(2)25-13-8-6-12(7-9-13)18(21)22/h3-9,11H,1-2H3,(H,17,20). The van der Waals surface area contributed by atoms with E-state index in [0.29, 0.717) is 16.1 Å². The average molecular weight is 361 g/mol. The maximum atomic E-state index is 12.3. The highest BCUT2D eigenvalue weighted by Gasteiger charge is 2.19. The summed E-state index contributed by atoms with van der Waals surface area (Å²) < 4.78 is 0. The first-order valence-corrected chi connectivity index (χ1v) is 8.13. The SMILES string of the molecule is Cc1c(NC(=O)C(C)Sc2ccc([N+](=O)[O-])cc2)cccc1[N+](=O)[O-]. The maximum absolute atomic E-state index is 12.3. The first kappa shape index (κ1) is 18.4. The molecule has 0 aliphatic rings. The molecule has 0 aliphatic heterocycles. The summed E-state index contributed by atoms with van der Waals surface area (Å²) >= 11 is 1.24. The van der Waals surface area contributed by atoms with E-state index >= 15 is 0 Å². The lowest BCUT2D eigenvalue weighted by molar-refractivity contribution is -0.385. The Morgan fingerprint density at radius 2 is 1.72 bits per heavy atom. The van der Waals surface area contributed by atoms with Gasteiger partial charge in [-0.2, -0.15) is 0 Å². The fourth-order valence-corrected chi connectivity index (χ4v) is 2.96. The lowest BCUT2D eigenvalue weighted by Crippen LogP contribution is -2.22. The van der Waals surface area contributed by atoms with Crippen LogP contribution in [0, 0.1) is 27.2 Å². The first-order chi connectivity index (χ1) is 11.8. The number of nitrogens with zero attached hydrogens (tertiary/aromatic N) is 2. The van der Waals surface area contributed by atoms with Gasteiger partial charge in [0.2, 0.25) is 5.91 Å². The molecule has 0 saturated heterocycles. The van der Waals surface area contributed by atoms with E-state index in [1.807, 2.05) is 0 Å². The molecule has 1 amide bonds. The molecular formula is C16H15N3O5S. The maximum Gasteiger partial charge on any atom is 0.274 e. The molecule has 0 aromatic heterocycles. The third-order valence-corrected chi connectivity index (χ3v) is 4.60. The van der Waals surface area contributed by atoms with E-state index < -0.39 is 15.1 Å². The number of carbonyl (C=O) groups is 1. The summed E-state index contributed by atoms with van der Waals surface area (Å²) in [6.45, 7) is 3.26. The molecule has 1 unspecified atom stereocenters. The number of hydrogen-bond acceptors (Lipinski definition) is 6. The fraction of sp³-hybridized carbons (Fsp3) is 0.188. The quantitative estimate of drug-likeness (QED) is 0.473. The van der Waals surface area contributed by atoms with E-state index in [-0.39, 0.29) is 17.3 Å². The van der Waals surface area contributed by atoms with Gasteiger partial charge in [-0.3, -0.25) is 25.0 Å². The minimum atomic E-state index is -0.500. The van der Waals surface area contributed by atoms with Gasteiger partial charge in [0.05, 0.1) is 26.3 Å². The monoisotopic (exact) mass is 361 g/mol. The molecule has 130 valence electrons. The van der Waals surface area contributed by atoms with Gasteiger partial charge in [-0.05, 0) is 32.0 Å². The summed E-state index contributed by atoms with van der Waals surface area (Å²) in [6.07, 6.45) is 0. The third kappa shape index (κ3) is 4.54. The molecule has 2 aromatic carbocycles. The molecule has 1 N–H and O–H groups in total. The Morgan fingerprint density at radius 1 is 1.08 bits per heavy atom. The van der Waals surface area contributed by atoms with E-state index in [4.69, 9.17) is 0 Å². The molecule has 0 saturated carbocycles. The number of non-ortho nitro benzene ring substituents is 1. The molecule has 0 heterocycles. The Balaban J connectivity index is 2.07. The van der Waals surface area contributed by atoms with Crippen molar-refractivity contribution in [3.8, 4) is 0 Å². The number of rotatable bonds is 6. The molecule has 2 aromatic rings. The lowest BCUT2D eigenvalue weighted by atomic mass is 10.1. The fourth-order valence-electron chi connectivity index (χ4n) is 2.10. The topological polar surface area (TPSA) is 115 Å². The van der Waals surface area contributed by atoms with E-state index in [2.05, 4.69) is 5.32 Å². The van der Waals surface area contributed by atoms with Crippen molar-refractivity contribution < 1.29 is 14.6 Å². The highest BCUT2D eigenvalue weighted by molar-refractivity contribution is 8.00. The lowest BCUT2D eigenvalue weighted by Gasteiger charge is -2.13. The Kier molecular flexibility index (Phi) is 5.71. The number of nitro benzene ring substituents is 2. The van der Waals surface area contributed by atoms with Crippen LogP contribution in [0.5, 0.6) is 0 Å². The summed E-state index contributed by atoms with van der Waals surface area (Å²) in [6, 6.07) is 10.4. The number of nitro groups is 2. The second kappa shape index (κ2) is 7.75. The van der Waals surface area contributed by atoms with Crippen molar-refractivity contribution in [2.75, 3.05) is 5.32 Å². The van der Waals surface area contributed by atoms with E-state index in [0.717, 1.165) is 0 Å². The van der Waals surface area contributed by atoms with Gasteiger partial charge in [0.1, 0.15) is 0 Å². The van der Waals surface area contributed by atoms with Crippen molar-refractivity contribution >= 4 is 34.7 Å². The van der Waals surface area contributed by atoms with Gasteiger partial charge in [-0.15, -0.1) is 11.8 Å². The smallest absolute Gasteiger partial charge is 0.274 e. The predicted molar refractivity (Wildman–Crippen MR) is 94.9 cm³/mol. The van der Waals surface area contributed by atoms with Crippen LogP contribution in [0.3, 0.4) is 0 Å².